The number of urea groups is 1. The molecule has 0 spiro atoms. The van der Waals surface area contributed by atoms with Crippen LogP contribution < -0.4 is 5.32 Å². The molecule has 1 aliphatic heterocycles. The van der Waals surface area contributed by atoms with E-state index in [9.17, 15) is 9.59 Å². The lowest BCUT2D eigenvalue weighted by Crippen LogP contribution is -2.48. The fraction of sp³-hybridized carbons (Fsp3) is 0.846. The third kappa shape index (κ3) is 5.72. The van der Waals surface area contributed by atoms with Gasteiger partial charge < -0.3 is 15.3 Å². The molecule has 110 valence electrons. The van der Waals surface area contributed by atoms with E-state index in [0.29, 0.717) is 25.9 Å². The Morgan fingerprint density at radius 3 is 2.58 bits per heavy atom. The van der Waals surface area contributed by atoms with Crippen molar-refractivity contribution in [2.24, 2.45) is 5.92 Å². The van der Waals surface area contributed by atoms with Crippen LogP contribution >= 0.6 is 11.8 Å². The molecule has 1 fully saturated rings. The first-order chi connectivity index (χ1) is 9.04. The minimum atomic E-state index is -0.745. The van der Waals surface area contributed by atoms with Crippen LogP contribution in [0.15, 0.2) is 0 Å². The van der Waals surface area contributed by atoms with Gasteiger partial charge in [-0.05, 0) is 37.7 Å². The van der Waals surface area contributed by atoms with Gasteiger partial charge in [-0.1, -0.05) is 6.92 Å². The molecule has 1 rings (SSSR count). The van der Waals surface area contributed by atoms with Crippen molar-refractivity contribution in [3.05, 3.63) is 0 Å². The Kier molecular flexibility index (Phi) is 7.05. The number of hydrogen-bond acceptors (Lipinski definition) is 3. The summed E-state index contributed by atoms with van der Waals surface area (Å²) in [4.78, 5) is 24.5. The van der Waals surface area contributed by atoms with Gasteiger partial charge in [0.2, 0.25) is 0 Å². The van der Waals surface area contributed by atoms with Crippen molar-refractivity contribution in [2.75, 3.05) is 24.6 Å². The highest BCUT2D eigenvalue weighted by molar-refractivity contribution is 7.99. The summed E-state index contributed by atoms with van der Waals surface area (Å²) in [6, 6.07) is 0.113. The summed E-state index contributed by atoms with van der Waals surface area (Å²) in [5.41, 5.74) is 0. The van der Waals surface area contributed by atoms with E-state index < -0.39 is 5.97 Å². The number of nitrogens with one attached hydrogen (secondary N) is 1. The number of carboxylic acids is 1. The molecule has 0 bridgehead atoms. The fourth-order valence-corrected chi connectivity index (χ4v) is 2.92. The first-order valence-electron chi connectivity index (χ1n) is 6.90. The highest BCUT2D eigenvalue weighted by Gasteiger charge is 2.27. The van der Waals surface area contributed by atoms with Crippen LogP contribution in [-0.4, -0.2) is 52.6 Å². The standard InChI is InChI=1S/C13H24N2O3S/c1-3-19-9-6-10(2)14-13(18)15-7-4-11(5-8-15)12(16)17/h10-11H,3-9H2,1-2H3,(H,14,18)(H,16,17). The molecule has 0 radical (unpaired) electrons. The summed E-state index contributed by atoms with van der Waals surface area (Å²) in [5.74, 6) is 1.12. The van der Waals surface area contributed by atoms with E-state index >= 15 is 0 Å². The number of rotatable bonds is 6. The van der Waals surface area contributed by atoms with Crippen LogP contribution in [0.3, 0.4) is 0 Å². The maximum atomic E-state index is 12.0. The molecule has 2 N–H and O–H groups in total. The second-order valence-corrected chi connectivity index (χ2v) is 6.33. The molecule has 0 aromatic carbocycles. The lowest BCUT2D eigenvalue weighted by molar-refractivity contribution is -0.143. The van der Waals surface area contributed by atoms with E-state index in [1.165, 1.54) is 0 Å². The number of carbonyl (C=O) groups excluding carboxylic acids is 1. The van der Waals surface area contributed by atoms with E-state index in [1.807, 2.05) is 18.7 Å². The number of amides is 2. The number of hydrogen-bond donors (Lipinski definition) is 2. The van der Waals surface area contributed by atoms with Crippen LogP contribution in [0.1, 0.15) is 33.1 Å². The fourth-order valence-electron chi connectivity index (χ4n) is 2.11. The van der Waals surface area contributed by atoms with E-state index in [-0.39, 0.29) is 18.0 Å². The summed E-state index contributed by atoms with van der Waals surface area (Å²) in [7, 11) is 0. The molecule has 2 amide bonds. The first kappa shape index (κ1) is 16.1. The Balaban J connectivity index is 2.25. The van der Waals surface area contributed by atoms with Crippen LogP contribution in [0.4, 0.5) is 4.79 Å². The van der Waals surface area contributed by atoms with Crippen LogP contribution in [0.25, 0.3) is 0 Å². The van der Waals surface area contributed by atoms with Crippen LogP contribution in [-0.2, 0) is 4.79 Å². The zero-order valence-electron chi connectivity index (χ0n) is 11.7. The number of piperidine rings is 1. The molecule has 0 saturated carbocycles. The molecular weight excluding hydrogens is 264 g/mol. The highest BCUT2D eigenvalue weighted by atomic mass is 32.2. The predicted molar refractivity (Wildman–Crippen MR) is 77.5 cm³/mol. The van der Waals surface area contributed by atoms with E-state index in [4.69, 9.17) is 5.11 Å². The van der Waals surface area contributed by atoms with Gasteiger partial charge in [-0.25, -0.2) is 4.79 Å². The van der Waals surface area contributed by atoms with Crippen molar-refractivity contribution < 1.29 is 14.7 Å². The second kappa shape index (κ2) is 8.30. The number of carbonyl (C=O) groups is 2. The van der Waals surface area contributed by atoms with Gasteiger partial charge in [-0.3, -0.25) is 4.79 Å². The van der Waals surface area contributed by atoms with E-state index in [1.54, 1.807) is 4.90 Å². The van der Waals surface area contributed by atoms with Crippen LogP contribution in [0, 0.1) is 5.92 Å². The summed E-state index contributed by atoms with van der Waals surface area (Å²) in [5, 5.41) is 11.9. The van der Waals surface area contributed by atoms with Crippen molar-refractivity contribution in [3.63, 3.8) is 0 Å². The monoisotopic (exact) mass is 288 g/mol. The predicted octanol–water partition coefficient (Wildman–Crippen LogP) is 2.02. The molecule has 1 heterocycles. The summed E-state index contributed by atoms with van der Waals surface area (Å²) >= 11 is 1.87. The van der Waals surface area contributed by atoms with Crippen molar-refractivity contribution >= 4 is 23.8 Å². The Morgan fingerprint density at radius 1 is 1.42 bits per heavy atom. The number of likely N-dealkylation sites (tertiary alicyclic amines) is 1. The van der Waals surface area contributed by atoms with E-state index in [0.717, 1.165) is 17.9 Å². The number of thioether (sulfide) groups is 1. The van der Waals surface area contributed by atoms with Crippen molar-refractivity contribution in [1.29, 1.82) is 0 Å². The van der Waals surface area contributed by atoms with Gasteiger partial charge in [0.1, 0.15) is 0 Å². The minimum absolute atomic E-state index is 0.0576. The Bertz CT molecular complexity index is 304. The molecule has 19 heavy (non-hydrogen) atoms. The molecule has 5 nitrogen and oxygen atoms in total. The topological polar surface area (TPSA) is 69.6 Å². The SMILES string of the molecule is CCSCCC(C)NC(=O)N1CCC(C(=O)O)CC1. The summed E-state index contributed by atoms with van der Waals surface area (Å²) in [6.07, 6.45) is 2.08. The van der Waals surface area contributed by atoms with Gasteiger partial charge in [-0.2, -0.15) is 11.8 Å². The lowest BCUT2D eigenvalue weighted by Gasteiger charge is -2.31. The molecular formula is C13H24N2O3S. The second-order valence-electron chi connectivity index (χ2n) is 4.94. The Labute approximate surface area is 119 Å². The van der Waals surface area contributed by atoms with Gasteiger partial charge in [0.25, 0.3) is 0 Å². The van der Waals surface area contributed by atoms with Gasteiger partial charge in [-0.15, -0.1) is 0 Å². The zero-order valence-corrected chi connectivity index (χ0v) is 12.5. The number of aliphatic carboxylic acids is 1. The summed E-state index contributed by atoms with van der Waals surface area (Å²) < 4.78 is 0. The molecule has 0 aliphatic carbocycles. The third-order valence-corrected chi connectivity index (χ3v) is 4.33. The smallest absolute Gasteiger partial charge is 0.317 e. The van der Waals surface area contributed by atoms with Crippen molar-refractivity contribution in [2.45, 2.75) is 39.2 Å². The Morgan fingerprint density at radius 2 is 2.05 bits per heavy atom. The van der Waals surface area contributed by atoms with Crippen molar-refractivity contribution in [3.8, 4) is 0 Å². The van der Waals surface area contributed by atoms with Crippen molar-refractivity contribution in [1.82, 2.24) is 10.2 Å². The molecule has 0 aromatic heterocycles. The first-order valence-corrected chi connectivity index (χ1v) is 8.06. The maximum absolute atomic E-state index is 12.0. The maximum Gasteiger partial charge on any atom is 0.317 e. The van der Waals surface area contributed by atoms with Crippen LogP contribution in [0.2, 0.25) is 0 Å². The van der Waals surface area contributed by atoms with Gasteiger partial charge in [0, 0.05) is 19.1 Å². The number of nitrogens with zero attached hydrogens (tertiary/aromatic N) is 1. The molecule has 6 heteroatoms. The third-order valence-electron chi connectivity index (χ3n) is 3.40. The van der Waals surface area contributed by atoms with Crippen LogP contribution in [0.5, 0.6) is 0 Å². The largest absolute Gasteiger partial charge is 0.481 e. The van der Waals surface area contributed by atoms with E-state index in [2.05, 4.69) is 12.2 Å². The average molecular weight is 288 g/mol. The molecule has 1 atom stereocenters. The number of carboxylic acid groups (broad SMARTS) is 1. The summed E-state index contributed by atoms with van der Waals surface area (Å²) in [6.45, 7) is 5.22. The quantitative estimate of drug-likeness (QED) is 0.734. The minimum Gasteiger partial charge on any atom is -0.481 e. The average Bonchev–Trinajstić information content (AvgIpc) is 2.39. The molecule has 0 aromatic rings. The van der Waals surface area contributed by atoms with Gasteiger partial charge >= 0.3 is 12.0 Å². The van der Waals surface area contributed by atoms with Gasteiger partial charge in [0.05, 0.1) is 5.92 Å². The molecule has 1 aliphatic rings. The Hall–Kier alpha value is -0.910. The van der Waals surface area contributed by atoms with Gasteiger partial charge in [0.15, 0.2) is 0 Å². The lowest BCUT2D eigenvalue weighted by atomic mass is 9.97. The molecule has 1 saturated heterocycles. The normalized spacial score (nSPS) is 18.1. The highest BCUT2D eigenvalue weighted by Crippen LogP contribution is 2.17. The zero-order chi connectivity index (χ0) is 14.3. The molecule has 1 unspecified atom stereocenters.